The van der Waals surface area contributed by atoms with Gasteiger partial charge in [-0.3, -0.25) is 9.78 Å². The predicted octanol–water partition coefficient (Wildman–Crippen LogP) is 2.74. The van der Waals surface area contributed by atoms with Crippen molar-refractivity contribution in [3.8, 4) is 0 Å². The van der Waals surface area contributed by atoms with Crippen molar-refractivity contribution in [2.24, 2.45) is 0 Å². The molecule has 1 aromatic heterocycles. The third-order valence-corrected chi connectivity index (χ3v) is 4.71. The van der Waals surface area contributed by atoms with Crippen LogP contribution in [0.15, 0.2) is 18.3 Å². The van der Waals surface area contributed by atoms with E-state index in [2.05, 4.69) is 10.3 Å². The van der Waals surface area contributed by atoms with Crippen LogP contribution in [0.5, 0.6) is 0 Å². The van der Waals surface area contributed by atoms with Crippen LogP contribution in [0.3, 0.4) is 0 Å². The molecule has 4 nitrogen and oxygen atoms in total. The third-order valence-electron chi connectivity index (χ3n) is 3.72. The first-order valence-corrected chi connectivity index (χ1v) is 7.96. The van der Waals surface area contributed by atoms with Crippen molar-refractivity contribution < 1.29 is 22.7 Å². The lowest BCUT2D eigenvalue weighted by molar-refractivity contribution is -0.141. The average Bonchev–Trinajstić information content (AvgIpc) is 2.53. The van der Waals surface area contributed by atoms with Crippen LogP contribution in [0.1, 0.15) is 28.9 Å². The number of alkyl halides is 3. The standard InChI is InChI=1S/C14H17F3N2O2S/c1-21-13(4-6-22-7-5-13)9-19-12(20)10-2-3-11(18-8-10)14(15,16)17/h2-3,8H,4-7,9H2,1H3,(H,19,20). The topological polar surface area (TPSA) is 51.2 Å². The fourth-order valence-corrected chi connectivity index (χ4v) is 3.47. The van der Waals surface area contributed by atoms with Crippen LogP contribution in [0.25, 0.3) is 0 Å². The van der Waals surface area contributed by atoms with Crippen LogP contribution >= 0.6 is 11.8 Å². The molecule has 2 rings (SSSR count). The van der Waals surface area contributed by atoms with Crippen molar-refractivity contribution in [1.82, 2.24) is 10.3 Å². The average molecular weight is 334 g/mol. The van der Waals surface area contributed by atoms with E-state index < -0.39 is 17.8 Å². The minimum absolute atomic E-state index is 0.101. The second-order valence-electron chi connectivity index (χ2n) is 5.11. The molecular weight excluding hydrogens is 317 g/mol. The molecule has 0 atom stereocenters. The van der Waals surface area contributed by atoms with Gasteiger partial charge >= 0.3 is 6.18 Å². The Morgan fingerprint density at radius 3 is 2.59 bits per heavy atom. The van der Waals surface area contributed by atoms with Gasteiger partial charge < -0.3 is 10.1 Å². The number of hydrogen-bond acceptors (Lipinski definition) is 4. The van der Waals surface area contributed by atoms with Gasteiger partial charge in [-0.15, -0.1) is 0 Å². The summed E-state index contributed by atoms with van der Waals surface area (Å²) in [6.07, 6.45) is -1.90. The molecule has 1 aromatic rings. The molecule has 1 N–H and O–H groups in total. The summed E-state index contributed by atoms with van der Waals surface area (Å²) in [6.45, 7) is 0.337. The minimum Gasteiger partial charge on any atom is -0.376 e. The Morgan fingerprint density at radius 2 is 2.09 bits per heavy atom. The molecule has 2 heterocycles. The Balaban J connectivity index is 1.97. The molecule has 0 aliphatic carbocycles. The van der Waals surface area contributed by atoms with E-state index in [4.69, 9.17) is 4.74 Å². The molecule has 0 radical (unpaired) electrons. The van der Waals surface area contributed by atoms with E-state index in [1.54, 1.807) is 7.11 Å². The molecule has 8 heteroatoms. The summed E-state index contributed by atoms with van der Waals surface area (Å²) in [4.78, 5) is 15.3. The zero-order valence-electron chi connectivity index (χ0n) is 12.1. The Bertz CT molecular complexity index is 514. The van der Waals surface area contributed by atoms with Gasteiger partial charge in [0.2, 0.25) is 0 Å². The van der Waals surface area contributed by atoms with Crippen molar-refractivity contribution in [1.29, 1.82) is 0 Å². The summed E-state index contributed by atoms with van der Waals surface area (Å²) in [6, 6.07) is 1.93. The van der Waals surface area contributed by atoms with Crippen LogP contribution in [-0.4, -0.2) is 41.7 Å². The zero-order valence-corrected chi connectivity index (χ0v) is 12.9. The van der Waals surface area contributed by atoms with Gasteiger partial charge in [-0.05, 0) is 36.5 Å². The predicted molar refractivity (Wildman–Crippen MR) is 77.9 cm³/mol. The Labute approximate surface area is 130 Å². The first-order valence-electron chi connectivity index (χ1n) is 6.81. The smallest absolute Gasteiger partial charge is 0.376 e. The molecule has 0 aromatic carbocycles. The van der Waals surface area contributed by atoms with Crippen molar-refractivity contribution in [2.75, 3.05) is 25.2 Å². The molecule has 1 amide bonds. The molecule has 1 saturated heterocycles. The largest absolute Gasteiger partial charge is 0.433 e. The summed E-state index contributed by atoms with van der Waals surface area (Å²) < 4.78 is 42.8. The highest BCUT2D eigenvalue weighted by molar-refractivity contribution is 7.99. The number of thioether (sulfide) groups is 1. The molecule has 22 heavy (non-hydrogen) atoms. The fraction of sp³-hybridized carbons (Fsp3) is 0.571. The van der Waals surface area contributed by atoms with Gasteiger partial charge in [-0.25, -0.2) is 0 Å². The summed E-state index contributed by atoms with van der Waals surface area (Å²) in [5.74, 6) is 1.48. The highest BCUT2D eigenvalue weighted by Gasteiger charge is 2.34. The monoisotopic (exact) mass is 334 g/mol. The number of carbonyl (C=O) groups excluding carboxylic acids is 1. The molecular formula is C14H17F3N2O2S. The summed E-state index contributed by atoms with van der Waals surface area (Å²) in [7, 11) is 1.61. The number of hydrogen-bond donors (Lipinski definition) is 1. The quantitative estimate of drug-likeness (QED) is 0.920. The van der Waals surface area contributed by atoms with Gasteiger partial charge in [0.05, 0.1) is 11.2 Å². The maximum atomic E-state index is 12.4. The van der Waals surface area contributed by atoms with E-state index in [0.29, 0.717) is 6.54 Å². The van der Waals surface area contributed by atoms with Crippen molar-refractivity contribution in [3.05, 3.63) is 29.6 Å². The number of nitrogens with one attached hydrogen (secondary N) is 1. The number of ether oxygens (including phenoxy) is 1. The number of halogens is 3. The van der Waals surface area contributed by atoms with Gasteiger partial charge in [-0.2, -0.15) is 24.9 Å². The zero-order chi connectivity index (χ0) is 16.2. The number of pyridine rings is 1. The van der Waals surface area contributed by atoms with Gasteiger partial charge in [0.15, 0.2) is 0 Å². The second kappa shape index (κ2) is 6.87. The van der Waals surface area contributed by atoms with Crippen LogP contribution in [0.2, 0.25) is 0 Å². The first-order chi connectivity index (χ1) is 10.4. The van der Waals surface area contributed by atoms with E-state index in [9.17, 15) is 18.0 Å². The Kier molecular flexibility index (Phi) is 5.33. The summed E-state index contributed by atoms with van der Waals surface area (Å²) >= 11 is 1.84. The lowest BCUT2D eigenvalue weighted by Gasteiger charge is -2.35. The number of amides is 1. The van der Waals surface area contributed by atoms with Gasteiger partial charge in [0.1, 0.15) is 5.69 Å². The Hall–Kier alpha value is -1.28. The number of methoxy groups -OCH3 is 1. The van der Waals surface area contributed by atoms with E-state index >= 15 is 0 Å². The van der Waals surface area contributed by atoms with Crippen molar-refractivity contribution in [3.63, 3.8) is 0 Å². The van der Waals surface area contributed by atoms with Gasteiger partial charge in [0.25, 0.3) is 5.91 Å². The lowest BCUT2D eigenvalue weighted by Crippen LogP contribution is -2.46. The fourth-order valence-electron chi connectivity index (χ4n) is 2.24. The van der Waals surface area contributed by atoms with Crippen LogP contribution in [-0.2, 0) is 10.9 Å². The summed E-state index contributed by atoms with van der Waals surface area (Å²) in [5, 5.41) is 2.72. The molecule has 0 unspecified atom stereocenters. The molecule has 0 bridgehead atoms. The summed E-state index contributed by atoms with van der Waals surface area (Å²) in [5.41, 5.74) is -1.30. The molecule has 0 spiro atoms. The lowest BCUT2D eigenvalue weighted by atomic mass is 9.96. The second-order valence-corrected chi connectivity index (χ2v) is 6.34. The molecule has 1 fully saturated rings. The van der Waals surface area contributed by atoms with E-state index in [0.717, 1.165) is 42.7 Å². The van der Waals surface area contributed by atoms with E-state index in [-0.39, 0.29) is 11.2 Å². The maximum Gasteiger partial charge on any atom is 0.433 e. The number of carbonyl (C=O) groups is 1. The minimum atomic E-state index is -4.51. The highest BCUT2D eigenvalue weighted by Crippen LogP contribution is 2.29. The number of nitrogens with zero attached hydrogens (tertiary/aromatic N) is 1. The van der Waals surface area contributed by atoms with Gasteiger partial charge in [-0.1, -0.05) is 0 Å². The first kappa shape index (κ1) is 17.1. The highest BCUT2D eigenvalue weighted by atomic mass is 32.2. The number of aromatic nitrogens is 1. The van der Waals surface area contributed by atoms with Crippen LogP contribution in [0.4, 0.5) is 13.2 Å². The normalized spacial score (nSPS) is 18.0. The molecule has 1 aliphatic rings. The van der Waals surface area contributed by atoms with Crippen molar-refractivity contribution in [2.45, 2.75) is 24.6 Å². The molecule has 1 aliphatic heterocycles. The van der Waals surface area contributed by atoms with Gasteiger partial charge in [0, 0.05) is 19.9 Å². The number of rotatable bonds is 4. The third kappa shape index (κ3) is 4.13. The molecule has 0 saturated carbocycles. The SMILES string of the molecule is COC1(CNC(=O)c2ccc(C(F)(F)F)nc2)CCSCC1. The van der Waals surface area contributed by atoms with E-state index in [1.165, 1.54) is 0 Å². The Morgan fingerprint density at radius 1 is 1.41 bits per heavy atom. The molecule has 122 valence electrons. The van der Waals surface area contributed by atoms with E-state index in [1.807, 2.05) is 11.8 Å². The van der Waals surface area contributed by atoms with Crippen LogP contribution < -0.4 is 5.32 Å². The maximum absolute atomic E-state index is 12.4. The van der Waals surface area contributed by atoms with Crippen molar-refractivity contribution >= 4 is 17.7 Å². The van der Waals surface area contributed by atoms with Crippen LogP contribution in [0, 0.1) is 0 Å².